The first-order valence-corrected chi connectivity index (χ1v) is 7.11. The van der Waals surface area contributed by atoms with Crippen molar-refractivity contribution in [2.45, 2.75) is 45.9 Å². The molecule has 2 rings (SSSR count). The van der Waals surface area contributed by atoms with Crippen LogP contribution in [0.1, 0.15) is 53.1 Å². The Morgan fingerprint density at radius 2 is 1.80 bits per heavy atom. The zero-order valence-corrected chi connectivity index (χ0v) is 13.4. The molecule has 0 aliphatic heterocycles. The van der Waals surface area contributed by atoms with E-state index in [1.165, 1.54) is 0 Å². The molecule has 0 bridgehead atoms. The van der Waals surface area contributed by atoms with Crippen LogP contribution in [0.4, 0.5) is 0 Å². The van der Waals surface area contributed by atoms with E-state index in [9.17, 15) is 0 Å². The Balaban J connectivity index is 2.37. The van der Waals surface area contributed by atoms with Crippen LogP contribution in [0.5, 0.6) is 0 Å². The molecule has 20 heavy (non-hydrogen) atoms. The van der Waals surface area contributed by atoms with Gasteiger partial charge in [-0.15, -0.1) is 0 Å². The highest BCUT2D eigenvalue weighted by Crippen LogP contribution is 2.29. The second-order valence-electron chi connectivity index (χ2n) is 6.25. The van der Waals surface area contributed by atoms with Gasteiger partial charge in [-0.05, 0) is 29.7 Å². The first-order valence-electron chi connectivity index (χ1n) is 7.23. The van der Waals surface area contributed by atoms with E-state index < -0.39 is 5.89 Å². The zero-order valence-electron chi connectivity index (χ0n) is 13.7. The molecule has 0 radical (unpaired) electrons. The molecule has 0 spiro atoms. The van der Waals surface area contributed by atoms with Gasteiger partial charge in [0.1, 0.15) is 0 Å². The molecule has 0 unspecified atom stereocenters. The Morgan fingerprint density at radius 1 is 1.10 bits per heavy atom. The summed E-state index contributed by atoms with van der Waals surface area (Å²) in [6.07, 6.45) is 0. The standard InChI is InChI=1S/C17H21ClN2/c1-11(2)13-7-6-12(10-14(13)18)15-8-9-16(20-19-15)17(3,4)5/h6-11H,1-5H3/i11T. The summed E-state index contributed by atoms with van der Waals surface area (Å²) in [5, 5.41) is 9.18. The van der Waals surface area contributed by atoms with Gasteiger partial charge in [-0.3, -0.25) is 0 Å². The van der Waals surface area contributed by atoms with Crippen molar-refractivity contribution < 1.29 is 1.37 Å². The maximum Gasteiger partial charge on any atom is 0.0930 e. The smallest absolute Gasteiger partial charge is 0.0930 e. The number of halogens is 1. The average Bonchev–Trinajstić information content (AvgIpc) is 2.36. The van der Waals surface area contributed by atoms with Crippen LogP contribution in [-0.2, 0) is 5.41 Å². The predicted molar refractivity (Wildman–Crippen MR) is 85.3 cm³/mol. The molecule has 0 atom stereocenters. The molecular formula is C17H21ClN2. The minimum absolute atomic E-state index is 0.0116. The highest BCUT2D eigenvalue weighted by Gasteiger charge is 2.16. The third kappa shape index (κ3) is 3.18. The number of hydrogen-bond donors (Lipinski definition) is 0. The Bertz CT molecular complexity index is 637. The molecular weight excluding hydrogens is 268 g/mol. The van der Waals surface area contributed by atoms with Crippen LogP contribution in [0.15, 0.2) is 30.3 Å². The molecule has 0 N–H and O–H groups in total. The lowest BCUT2D eigenvalue weighted by Gasteiger charge is -2.16. The lowest BCUT2D eigenvalue weighted by Crippen LogP contribution is -2.14. The predicted octanol–water partition coefficient (Wildman–Crippen LogP) is 5.22. The van der Waals surface area contributed by atoms with Gasteiger partial charge in [0.25, 0.3) is 0 Å². The van der Waals surface area contributed by atoms with Crippen LogP contribution in [-0.4, -0.2) is 10.2 Å². The summed E-state index contributed by atoms with van der Waals surface area (Å²) in [5.74, 6) is -0.711. The maximum atomic E-state index is 8.07. The molecule has 2 aromatic rings. The molecule has 1 heterocycles. The van der Waals surface area contributed by atoms with E-state index >= 15 is 0 Å². The number of nitrogens with zero attached hydrogens (tertiary/aromatic N) is 2. The molecule has 1 aromatic heterocycles. The van der Waals surface area contributed by atoms with Crippen molar-refractivity contribution in [3.8, 4) is 11.3 Å². The van der Waals surface area contributed by atoms with Crippen LogP contribution in [0.3, 0.4) is 0 Å². The van der Waals surface area contributed by atoms with Crippen molar-refractivity contribution in [2.75, 3.05) is 0 Å². The van der Waals surface area contributed by atoms with Crippen molar-refractivity contribution in [3.63, 3.8) is 0 Å². The van der Waals surface area contributed by atoms with Crippen LogP contribution in [0, 0.1) is 0 Å². The fourth-order valence-corrected chi connectivity index (χ4v) is 2.34. The van der Waals surface area contributed by atoms with Crippen molar-refractivity contribution in [2.24, 2.45) is 0 Å². The summed E-state index contributed by atoms with van der Waals surface area (Å²) in [7, 11) is 0. The molecule has 0 aliphatic carbocycles. The number of hydrogen-bond acceptors (Lipinski definition) is 2. The summed E-state index contributed by atoms with van der Waals surface area (Å²) >= 11 is 6.30. The zero-order chi connectivity index (χ0) is 15.8. The van der Waals surface area contributed by atoms with E-state index in [1.54, 1.807) is 0 Å². The third-order valence-electron chi connectivity index (χ3n) is 3.24. The van der Waals surface area contributed by atoms with Crippen molar-refractivity contribution >= 4 is 11.6 Å². The topological polar surface area (TPSA) is 25.8 Å². The van der Waals surface area contributed by atoms with Crippen molar-refractivity contribution in [3.05, 3.63) is 46.6 Å². The molecule has 0 saturated carbocycles. The third-order valence-corrected chi connectivity index (χ3v) is 3.55. The molecule has 3 heteroatoms. The van der Waals surface area contributed by atoms with Gasteiger partial charge in [-0.1, -0.05) is 58.4 Å². The van der Waals surface area contributed by atoms with Crippen LogP contribution >= 0.6 is 11.6 Å². The van der Waals surface area contributed by atoms with Crippen LogP contribution < -0.4 is 0 Å². The summed E-state index contributed by atoms with van der Waals surface area (Å²) in [6, 6.07) is 9.65. The van der Waals surface area contributed by atoms with E-state index in [0.717, 1.165) is 22.5 Å². The minimum atomic E-state index is -0.711. The van der Waals surface area contributed by atoms with E-state index in [2.05, 4.69) is 31.0 Å². The molecule has 0 amide bonds. The van der Waals surface area contributed by atoms with Gasteiger partial charge in [0.2, 0.25) is 0 Å². The van der Waals surface area contributed by atoms with Gasteiger partial charge in [-0.2, -0.15) is 10.2 Å². The molecule has 0 fully saturated rings. The number of benzene rings is 1. The minimum Gasteiger partial charge on any atom is -0.154 e. The number of rotatable bonds is 2. The van der Waals surface area contributed by atoms with E-state index in [1.807, 2.05) is 44.2 Å². The largest absolute Gasteiger partial charge is 0.154 e. The monoisotopic (exact) mass is 290 g/mol. The highest BCUT2D eigenvalue weighted by atomic mass is 35.5. The fraction of sp³-hybridized carbons (Fsp3) is 0.412. The Labute approximate surface area is 127 Å². The summed E-state index contributed by atoms with van der Waals surface area (Å²) in [5.41, 5.74) is 3.47. The molecule has 106 valence electrons. The van der Waals surface area contributed by atoms with E-state index in [0.29, 0.717) is 5.02 Å². The molecule has 1 aromatic carbocycles. The van der Waals surface area contributed by atoms with Crippen molar-refractivity contribution in [1.29, 1.82) is 0 Å². The van der Waals surface area contributed by atoms with Gasteiger partial charge in [-0.25, -0.2) is 0 Å². The fourth-order valence-electron chi connectivity index (χ4n) is 1.97. The summed E-state index contributed by atoms with van der Waals surface area (Å²) < 4.78 is 8.07. The first-order chi connectivity index (χ1) is 9.59. The van der Waals surface area contributed by atoms with Gasteiger partial charge >= 0.3 is 0 Å². The lowest BCUT2D eigenvalue weighted by atomic mass is 9.92. The van der Waals surface area contributed by atoms with E-state index in [4.69, 9.17) is 13.0 Å². The van der Waals surface area contributed by atoms with Crippen LogP contribution in [0.2, 0.25) is 5.02 Å². The Morgan fingerprint density at radius 3 is 2.25 bits per heavy atom. The Hall–Kier alpha value is -1.41. The van der Waals surface area contributed by atoms with Gasteiger partial charge in [0.05, 0.1) is 11.4 Å². The molecule has 0 aliphatic rings. The normalized spacial score (nSPS) is 13.2. The summed E-state index contributed by atoms with van der Waals surface area (Å²) in [6.45, 7) is 9.98. The quantitative estimate of drug-likeness (QED) is 0.758. The average molecular weight is 291 g/mol. The SMILES string of the molecule is [3H]C(C)(C)c1ccc(-c2ccc(C(C)(C)C)nn2)cc1Cl. The van der Waals surface area contributed by atoms with Crippen LogP contribution in [0.25, 0.3) is 11.3 Å². The molecule has 2 nitrogen and oxygen atoms in total. The van der Waals surface area contributed by atoms with Crippen molar-refractivity contribution in [1.82, 2.24) is 10.2 Å². The van der Waals surface area contributed by atoms with E-state index in [-0.39, 0.29) is 5.41 Å². The summed E-state index contributed by atoms with van der Waals surface area (Å²) in [4.78, 5) is 0. The molecule has 0 saturated heterocycles. The Kier molecular flexibility index (Phi) is 3.75. The van der Waals surface area contributed by atoms with Gasteiger partial charge in [0, 0.05) is 17.4 Å². The second kappa shape index (κ2) is 5.53. The lowest BCUT2D eigenvalue weighted by molar-refractivity contribution is 0.559. The van der Waals surface area contributed by atoms with Gasteiger partial charge in [0.15, 0.2) is 0 Å². The second-order valence-corrected chi connectivity index (χ2v) is 6.66. The van der Waals surface area contributed by atoms with Gasteiger partial charge < -0.3 is 0 Å². The number of aromatic nitrogens is 2. The maximum absolute atomic E-state index is 8.07. The first kappa shape index (κ1) is 13.6. The highest BCUT2D eigenvalue weighted by molar-refractivity contribution is 6.31.